The summed E-state index contributed by atoms with van der Waals surface area (Å²) in [4.78, 5) is 25.2. The van der Waals surface area contributed by atoms with Crippen LogP contribution in [0.5, 0.6) is 0 Å². The molecule has 2 heterocycles. The van der Waals surface area contributed by atoms with E-state index in [0.29, 0.717) is 24.3 Å². The third-order valence-electron chi connectivity index (χ3n) is 4.14. The lowest BCUT2D eigenvalue weighted by Crippen LogP contribution is -2.39. The number of carbonyl (C=O) groups excluding carboxylic acids is 2. The molecule has 0 aromatic carbocycles. The average molecular weight is 324 g/mol. The maximum atomic E-state index is 12.3. The van der Waals surface area contributed by atoms with Crippen LogP contribution in [-0.4, -0.2) is 55.4 Å². The van der Waals surface area contributed by atoms with Crippen LogP contribution in [0.1, 0.15) is 45.1 Å². The van der Waals surface area contributed by atoms with E-state index in [4.69, 9.17) is 0 Å². The quantitative estimate of drug-likeness (QED) is 0.837. The Hall–Kier alpha value is -1.64. The van der Waals surface area contributed by atoms with E-state index in [1.54, 1.807) is 6.92 Å². The summed E-state index contributed by atoms with van der Waals surface area (Å²) in [5, 5.41) is 14.8. The zero-order chi connectivity index (χ0) is 15.5. The largest absolute Gasteiger partial charge is 0.336 e. The molecule has 1 aliphatic carbocycles. The van der Waals surface area contributed by atoms with E-state index >= 15 is 0 Å². The van der Waals surface area contributed by atoms with Crippen LogP contribution >= 0.6 is 11.8 Å². The van der Waals surface area contributed by atoms with Gasteiger partial charge in [0.15, 0.2) is 0 Å². The van der Waals surface area contributed by atoms with Crippen LogP contribution in [0.3, 0.4) is 0 Å². The summed E-state index contributed by atoms with van der Waals surface area (Å²) in [5.41, 5.74) is 0. The van der Waals surface area contributed by atoms with Crippen LogP contribution in [0.2, 0.25) is 0 Å². The number of nitrogens with one attached hydrogen (secondary N) is 1. The minimum absolute atomic E-state index is 0.196. The van der Waals surface area contributed by atoms with Crippen LogP contribution in [-0.2, 0) is 4.79 Å². The summed E-state index contributed by atoms with van der Waals surface area (Å²) >= 11 is 1.32. The maximum Gasteiger partial charge on any atom is 0.324 e. The number of rotatable bonds is 4. The molecule has 120 valence electrons. The molecular formula is C13H20N6O2S. The van der Waals surface area contributed by atoms with Crippen molar-refractivity contribution in [3.8, 4) is 0 Å². The SMILES string of the molecule is CC(Sc1nnnn1C1CCCCC1)C(=O)N1CCNC1=O. The Balaban J connectivity index is 1.66. The Bertz CT molecular complexity index is 556. The number of urea groups is 1. The lowest BCUT2D eigenvalue weighted by Gasteiger charge is -2.23. The second-order valence-electron chi connectivity index (χ2n) is 5.68. The van der Waals surface area contributed by atoms with Crippen molar-refractivity contribution in [3.63, 3.8) is 0 Å². The van der Waals surface area contributed by atoms with E-state index in [1.807, 2.05) is 4.68 Å². The van der Waals surface area contributed by atoms with Gasteiger partial charge in [-0.2, -0.15) is 0 Å². The molecule has 1 aromatic heterocycles. The van der Waals surface area contributed by atoms with Crippen molar-refractivity contribution < 1.29 is 9.59 Å². The maximum absolute atomic E-state index is 12.3. The van der Waals surface area contributed by atoms with Crippen molar-refractivity contribution >= 4 is 23.7 Å². The van der Waals surface area contributed by atoms with Crippen molar-refractivity contribution in [3.05, 3.63) is 0 Å². The molecule has 1 aliphatic heterocycles. The highest BCUT2D eigenvalue weighted by Crippen LogP contribution is 2.31. The van der Waals surface area contributed by atoms with Crippen molar-refractivity contribution in [2.45, 2.75) is 55.5 Å². The molecular weight excluding hydrogens is 304 g/mol. The van der Waals surface area contributed by atoms with Gasteiger partial charge in [-0.3, -0.25) is 9.69 Å². The van der Waals surface area contributed by atoms with E-state index in [2.05, 4.69) is 20.8 Å². The van der Waals surface area contributed by atoms with Gasteiger partial charge in [-0.1, -0.05) is 31.0 Å². The van der Waals surface area contributed by atoms with Gasteiger partial charge in [0, 0.05) is 13.1 Å². The lowest BCUT2D eigenvalue weighted by atomic mass is 9.96. The average Bonchev–Trinajstić information content (AvgIpc) is 3.16. The number of amides is 3. The number of tetrazole rings is 1. The van der Waals surface area contributed by atoms with Gasteiger partial charge in [0.2, 0.25) is 11.1 Å². The van der Waals surface area contributed by atoms with Crippen molar-refractivity contribution in [2.75, 3.05) is 13.1 Å². The van der Waals surface area contributed by atoms with Crippen molar-refractivity contribution in [1.29, 1.82) is 0 Å². The highest BCUT2D eigenvalue weighted by Gasteiger charge is 2.31. The van der Waals surface area contributed by atoms with E-state index in [-0.39, 0.29) is 11.9 Å². The van der Waals surface area contributed by atoms with Gasteiger partial charge in [0.05, 0.1) is 11.3 Å². The van der Waals surface area contributed by atoms with E-state index in [1.165, 1.54) is 35.9 Å². The Morgan fingerprint density at radius 1 is 1.36 bits per heavy atom. The lowest BCUT2D eigenvalue weighted by molar-refractivity contribution is -0.126. The van der Waals surface area contributed by atoms with Crippen LogP contribution in [0.4, 0.5) is 4.79 Å². The summed E-state index contributed by atoms with van der Waals surface area (Å²) < 4.78 is 1.84. The predicted octanol–water partition coefficient (Wildman–Crippen LogP) is 1.21. The molecule has 1 unspecified atom stereocenters. The molecule has 3 amide bonds. The van der Waals surface area contributed by atoms with Crippen molar-refractivity contribution in [2.24, 2.45) is 0 Å². The molecule has 3 rings (SSSR count). The number of hydrogen-bond acceptors (Lipinski definition) is 6. The fourth-order valence-electron chi connectivity index (χ4n) is 2.93. The summed E-state index contributed by atoms with van der Waals surface area (Å²) in [5.74, 6) is -0.196. The molecule has 1 atom stereocenters. The normalized spacial score (nSPS) is 21.0. The molecule has 2 fully saturated rings. The first-order valence-corrected chi connectivity index (χ1v) is 8.58. The van der Waals surface area contributed by atoms with Gasteiger partial charge in [-0.15, -0.1) is 5.10 Å². The zero-order valence-electron chi connectivity index (χ0n) is 12.6. The van der Waals surface area contributed by atoms with E-state index in [9.17, 15) is 9.59 Å². The summed E-state index contributed by atoms with van der Waals surface area (Å²) in [6.07, 6.45) is 5.80. The fourth-order valence-corrected chi connectivity index (χ4v) is 3.85. The van der Waals surface area contributed by atoms with Crippen LogP contribution in [0.25, 0.3) is 0 Å². The molecule has 2 aliphatic rings. The fraction of sp³-hybridized carbons (Fsp3) is 0.769. The Labute approximate surface area is 133 Å². The Kier molecular flexibility index (Phi) is 4.60. The molecule has 1 saturated carbocycles. The number of hydrogen-bond donors (Lipinski definition) is 1. The molecule has 22 heavy (non-hydrogen) atoms. The van der Waals surface area contributed by atoms with E-state index < -0.39 is 5.25 Å². The molecule has 1 saturated heterocycles. The summed E-state index contributed by atoms with van der Waals surface area (Å²) in [6, 6.07) is 0.00737. The second-order valence-corrected chi connectivity index (χ2v) is 6.99. The number of carbonyl (C=O) groups is 2. The molecule has 0 radical (unpaired) electrons. The smallest absolute Gasteiger partial charge is 0.324 e. The molecule has 9 heteroatoms. The zero-order valence-corrected chi connectivity index (χ0v) is 13.4. The minimum atomic E-state index is -0.391. The summed E-state index contributed by atoms with van der Waals surface area (Å²) in [6.45, 7) is 2.73. The van der Waals surface area contributed by atoms with Gasteiger partial charge >= 0.3 is 6.03 Å². The van der Waals surface area contributed by atoms with Crippen LogP contribution < -0.4 is 5.32 Å². The molecule has 0 spiro atoms. The molecule has 8 nitrogen and oxygen atoms in total. The standard InChI is InChI=1S/C13H20N6O2S/c1-9(11(20)18-8-7-14-12(18)21)22-13-15-16-17-19(13)10-5-3-2-4-6-10/h9-10H,2-8H2,1H3,(H,14,21). The van der Waals surface area contributed by atoms with E-state index in [0.717, 1.165) is 12.8 Å². The van der Waals surface area contributed by atoms with Gasteiger partial charge < -0.3 is 5.32 Å². The van der Waals surface area contributed by atoms with Gasteiger partial charge in [0.1, 0.15) is 0 Å². The van der Waals surface area contributed by atoms with Crippen LogP contribution in [0.15, 0.2) is 5.16 Å². The van der Waals surface area contributed by atoms with Gasteiger partial charge in [-0.05, 0) is 30.2 Å². The highest BCUT2D eigenvalue weighted by atomic mass is 32.2. The Morgan fingerprint density at radius 3 is 2.82 bits per heavy atom. The van der Waals surface area contributed by atoms with Gasteiger partial charge in [0.25, 0.3) is 0 Å². The predicted molar refractivity (Wildman–Crippen MR) is 80.4 cm³/mol. The first-order valence-electron chi connectivity index (χ1n) is 7.70. The Morgan fingerprint density at radius 2 is 2.14 bits per heavy atom. The monoisotopic (exact) mass is 324 g/mol. The molecule has 0 bridgehead atoms. The minimum Gasteiger partial charge on any atom is -0.336 e. The third-order valence-corrected chi connectivity index (χ3v) is 5.17. The number of imide groups is 1. The third kappa shape index (κ3) is 3.08. The first kappa shape index (κ1) is 15.3. The number of nitrogens with zero attached hydrogens (tertiary/aromatic N) is 5. The van der Waals surface area contributed by atoms with Crippen molar-refractivity contribution in [1.82, 2.24) is 30.4 Å². The second kappa shape index (κ2) is 6.64. The first-order chi connectivity index (χ1) is 10.7. The highest BCUT2D eigenvalue weighted by molar-refractivity contribution is 8.00. The number of thioether (sulfide) groups is 1. The topological polar surface area (TPSA) is 93.0 Å². The molecule has 1 aromatic rings. The van der Waals surface area contributed by atoms with Crippen LogP contribution in [0, 0.1) is 0 Å². The van der Waals surface area contributed by atoms with Gasteiger partial charge in [-0.25, -0.2) is 9.48 Å². The number of aromatic nitrogens is 4. The molecule has 1 N–H and O–H groups in total. The summed E-state index contributed by atoms with van der Waals surface area (Å²) in [7, 11) is 0.